The van der Waals surface area contributed by atoms with Crippen LogP contribution in [0.4, 0.5) is 0 Å². The zero-order chi connectivity index (χ0) is 15.7. The van der Waals surface area contributed by atoms with Gasteiger partial charge in [0.25, 0.3) is 0 Å². The van der Waals surface area contributed by atoms with Crippen molar-refractivity contribution < 1.29 is 29.3 Å². The predicted molar refractivity (Wildman–Crippen MR) is 72.0 cm³/mol. The SMILES string of the molecule is CCCOC(C)=O.Cc1c(C(=O)O)cccc1C(=O)O. The summed E-state index contributed by atoms with van der Waals surface area (Å²) in [5, 5.41) is 17.4. The van der Waals surface area contributed by atoms with Gasteiger partial charge in [0.05, 0.1) is 17.7 Å². The Balaban J connectivity index is 0.000000441. The van der Waals surface area contributed by atoms with Crippen LogP contribution in [0.5, 0.6) is 0 Å². The number of hydrogen-bond acceptors (Lipinski definition) is 4. The molecule has 0 atom stereocenters. The van der Waals surface area contributed by atoms with Crippen LogP contribution in [0, 0.1) is 6.92 Å². The molecule has 0 spiro atoms. The Bertz CT molecular complexity index is 460. The molecule has 6 heteroatoms. The fourth-order valence-corrected chi connectivity index (χ4v) is 1.34. The lowest BCUT2D eigenvalue weighted by atomic mass is 10.0. The van der Waals surface area contributed by atoms with Gasteiger partial charge < -0.3 is 14.9 Å². The number of aromatic carboxylic acids is 2. The summed E-state index contributed by atoms with van der Waals surface area (Å²) in [6, 6.07) is 4.17. The van der Waals surface area contributed by atoms with Crippen LogP contribution >= 0.6 is 0 Å². The van der Waals surface area contributed by atoms with E-state index in [2.05, 4.69) is 4.74 Å². The molecule has 0 fully saturated rings. The maximum atomic E-state index is 10.6. The van der Waals surface area contributed by atoms with Crippen molar-refractivity contribution in [3.63, 3.8) is 0 Å². The number of benzene rings is 1. The van der Waals surface area contributed by atoms with Gasteiger partial charge in [0, 0.05) is 6.92 Å². The summed E-state index contributed by atoms with van der Waals surface area (Å²) >= 11 is 0. The van der Waals surface area contributed by atoms with Gasteiger partial charge in [0.1, 0.15) is 0 Å². The molecule has 6 nitrogen and oxygen atoms in total. The largest absolute Gasteiger partial charge is 0.478 e. The summed E-state index contributed by atoms with van der Waals surface area (Å²) < 4.78 is 4.55. The van der Waals surface area contributed by atoms with E-state index in [1.54, 1.807) is 0 Å². The van der Waals surface area contributed by atoms with Crippen molar-refractivity contribution in [1.29, 1.82) is 0 Å². The standard InChI is InChI=1S/C9H8O4.C5H10O2/c1-5-6(8(10)11)3-2-4-7(5)9(12)13;1-3-4-7-5(2)6/h2-4H,1H3,(H,10,11)(H,12,13);3-4H2,1-2H3. The molecule has 0 aliphatic rings. The minimum absolute atomic E-state index is 0.0277. The molecule has 2 N–H and O–H groups in total. The van der Waals surface area contributed by atoms with E-state index in [0.717, 1.165) is 6.42 Å². The zero-order valence-corrected chi connectivity index (χ0v) is 11.7. The average molecular weight is 282 g/mol. The molecular weight excluding hydrogens is 264 g/mol. The van der Waals surface area contributed by atoms with Crippen LogP contribution in [-0.2, 0) is 9.53 Å². The van der Waals surface area contributed by atoms with Crippen molar-refractivity contribution in [2.24, 2.45) is 0 Å². The van der Waals surface area contributed by atoms with Crippen molar-refractivity contribution in [3.05, 3.63) is 34.9 Å². The predicted octanol–water partition coefficient (Wildman–Crippen LogP) is 2.35. The fourth-order valence-electron chi connectivity index (χ4n) is 1.34. The van der Waals surface area contributed by atoms with Gasteiger partial charge in [-0.05, 0) is 31.0 Å². The maximum Gasteiger partial charge on any atom is 0.335 e. The molecular formula is C14H18O6. The number of hydrogen-bond donors (Lipinski definition) is 2. The number of carboxylic acid groups (broad SMARTS) is 2. The molecule has 1 rings (SSSR count). The van der Waals surface area contributed by atoms with E-state index in [9.17, 15) is 14.4 Å². The van der Waals surface area contributed by atoms with E-state index in [0.29, 0.717) is 6.61 Å². The molecule has 0 saturated heterocycles. The lowest BCUT2D eigenvalue weighted by molar-refractivity contribution is -0.140. The third-order valence-electron chi connectivity index (χ3n) is 2.30. The Hall–Kier alpha value is -2.37. The third kappa shape index (κ3) is 5.99. The summed E-state index contributed by atoms with van der Waals surface area (Å²) in [6.07, 6.45) is 0.902. The highest BCUT2D eigenvalue weighted by Gasteiger charge is 2.13. The highest BCUT2D eigenvalue weighted by Crippen LogP contribution is 2.13. The summed E-state index contributed by atoms with van der Waals surface area (Å²) in [4.78, 5) is 31.2. The molecule has 110 valence electrons. The zero-order valence-electron chi connectivity index (χ0n) is 11.7. The molecule has 0 aliphatic heterocycles. The Morgan fingerprint density at radius 2 is 1.55 bits per heavy atom. The first-order chi connectivity index (χ1) is 9.31. The van der Waals surface area contributed by atoms with Crippen LogP contribution in [0.15, 0.2) is 18.2 Å². The molecule has 0 radical (unpaired) electrons. The molecule has 20 heavy (non-hydrogen) atoms. The quantitative estimate of drug-likeness (QED) is 0.822. The summed E-state index contributed by atoms with van der Waals surface area (Å²) in [5.74, 6) is -2.41. The van der Waals surface area contributed by atoms with E-state index in [4.69, 9.17) is 10.2 Å². The van der Waals surface area contributed by atoms with Crippen LogP contribution in [-0.4, -0.2) is 34.7 Å². The second-order valence-corrected chi connectivity index (χ2v) is 3.93. The van der Waals surface area contributed by atoms with E-state index in [1.807, 2.05) is 6.92 Å². The van der Waals surface area contributed by atoms with Gasteiger partial charge in [-0.3, -0.25) is 4.79 Å². The minimum Gasteiger partial charge on any atom is -0.478 e. The molecule has 0 aromatic heterocycles. The van der Waals surface area contributed by atoms with Gasteiger partial charge in [0.15, 0.2) is 0 Å². The number of carbonyl (C=O) groups is 3. The molecule has 0 saturated carbocycles. The first-order valence-electron chi connectivity index (χ1n) is 6.00. The monoisotopic (exact) mass is 282 g/mol. The molecule has 0 amide bonds. The highest BCUT2D eigenvalue weighted by atomic mass is 16.5. The number of carbonyl (C=O) groups excluding carboxylic acids is 1. The third-order valence-corrected chi connectivity index (χ3v) is 2.30. The summed E-state index contributed by atoms with van der Waals surface area (Å²) in [7, 11) is 0. The summed E-state index contributed by atoms with van der Waals surface area (Å²) in [6.45, 7) is 5.40. The fraction of sp³-hybridized carbons (Fsp3) is 0.357. The average Bonchev–Trinajstić information content (AvgIpc) is 2.36. The molecule has 0 aliphatic carbocycles. The highest BCUT2D eigenvalue weighted by molar-refractivity contribution is 5.96. The van der Waals surface area contributed by atoms with Crippen LogP contribution in [0.3, 0.4) is 0 Å². The van der Waals surface area contributed by atoms with E-state index < -0.39 is 11.9 Å². The lowest BCUT2D eigenvalue weighted by Crippen LogP contribution is -2.06. The van der Waals surface area contributed by atoms with Gasteiger partial charge in [-0.15, -0.1) is 0 Å². The first-order valence-corrected chi connectivity index (χ1v) is 6.00. The van der Waals surface area contributed by atoms with Gasteiger partial charge >= 0.3 is 17.9 Å². The number of carboxylic acids is 2. The second kappa shape index (κ2) is 8.68. The van der Waals surface area contributed by atoms with Gasteiger partial charge in [-0.2, -0.15) is 0 Å². The smallest absolute Gasteiger partial charge is 0.335 e. The Kier molecular flexibility index (Phi) is 7.65. The number of esters is 1. The van der Waals surface area contributed by atoms with Crippen LogP contribution in [0.25, 0.3) is 0 Å². The molecule has 1 aromatic rings. The van der Waals surface area contributed by atoms with Crippen molar-refractivity contribution in [2.45, 2.75) is 27.2 Å². The molecule has 1 aromatic carbocycles. The van der Waals surface area contributed by atoms with Crippen molar-refractivity contribution in [1.82, 2.24) is 0 Å². The van der Waals surface area contributed by atoms with Gasteiger partial charge in [0.2, 0.25) is 0 Å². The normalized spacial score (nSPS) is 9.15. The molecule has 0 bridgehead atoms. The topological polar surface area (TPSA) is 101 Å². The van der Waals surface area contributed by atoms with E-state index >= 15 is 0 Å². The van der Waals surface area contributed by atoms with Gasteiger partial charge in [-0.1, -0.05) is 13.0 Å². The Labute approximate surface area is 117 Å². The van der Waals surface area contributed by atoms with Crippen molar-refractivity contribution >= 4 is 17.9 Å². The minimum atomic E-state index is -1.11. The lowest BCUT2D eigenvalue weighted by Gasteiger charge is -2.03. The van der Waals surface area contributed by atoms with Crippen LogP contribution in [0.1, 0.15) is 46.5 Å². The summed E-state index contributed by atoms with van der Waals surface area (Å²) in [5.41, 5.74) is 0.335. The number of ether oxygens (including phenoxy) is 1. The number of rotatable bonds is 4. The first kappa shape index (κ1) is 17.6. The molecule has 0 unspecified atom stereocenters. The van der Waals surface area contributed by atoms with Crippen molar-refractivity contribution in [2.75, 3.05) is 6.61 Å². The van der Waals surface area contributed by atoms with Crippen LogP contribution in [0.2, 0.25) is 0 Å². The molecule has 0 heterocycles. The van der Waals surface area contributed by atoms with Crippen molar-refractivity contribution in [3.8, 4) is 0 Å². The van der Waals surface area contributed by atoms with E-state index in [1.165, 1.54) is 32.0 Å². The van der Waals surface area contributed by atoms with Gasteiger partial charge in [-0.25, -0.2) is 9.59 Å². The second-order valence-electron chi connectivity index (χ2n) is 3.93. The van der Waals surface area contributed by atoms with Crippen LogP contribution < -0.4 is 0 Å². The Morgan fingerprint density at radius 3 is 1.80 bits per heavy atom. The maximum absolute atomic E-state index is 10.6. The Morgan fingerprint density at radius 1 is 1.10 bits per heavy atom. The van der Waals surface area contributed by atoms with E-state index in [-0.39, 0.29) is 22.7 Å².